The Kier molecular flexibility index (Phi) is 7.93. The molecule has 166 valence electrons. The van der Waals surface area contributed by atoms with Crippen molar-refractivity contribution in [3.63, 3.8) is 0 Å². The van der Waals surface area contributed by atoms with Crippen LogP contribution in [-0.4, -0.2) is 56.5 Å². The molecule has 31 heavy (non-hydrogen) atoms. The van der Waals surface area contributed by atoms with Gasteiger partial charge in [-0.1, -0.05) is 17.7 Å². The van der Waals surface area contributed by atoms with Crippen molar-refractivity contribution in [3.8, 4) is 5.75 Å². The molecule has 3 rings (SSSR count). The first kappa shape index (κ1) is 22.7. The zero-order valence-corrected chi connectivity index (χ0v) is 18.8. The molecule has 0 saturated carbocycles. The topological polar surface area (TPSA) is 61.9 Å². The smallest absolute Gasteiger partial charge is 0.251 e. The maximum absolute atomic E-state index is 12.5. The van der Waals surface area contributed by atoms with E-state index in [9.17, 15) is 9.59 Å². The highest BCUT2D eigenvalue weighted by Gasteiger charge is 2.24. The van der Waals surface area contributed by atoms with Crippen LogP contribution in [0.15, 0.2) is 48.5 Å². The van der Waals surface area contributed by atoms with E-state index in [0.29, 0.717) is 38.1 Å². The lowest BCUT2D eigenvalue weighted by molar-refractivity contribution is -0.132. The Morgan fingerprint density at radius 3 is 2.29 bits per heavy atom. The third kappa shape index (κ3) is 6.74. The van der Waals surface area contributed by atoms with E-state index in [1.807, 2.05) is 79.3 Å². The highest BCUT2D eigenvalue weighted by atomic mass is 16.5. The first-order chi connectivity index (χ1) is 14.9. The van der Waals surface area contributed by atoms with E-state index >= 15 is 0 Å². The molecular weight excluding hydrogens is 390 g/mol. The van der Waals surface area contributed by atoms with E-state index in [2.05, 4.69) is 5.32 Å². The average molecular weight is 424 g/mol. The standard InChI is InChI=1S/C25H33N3O3/c1-19-6-12-23(13-7-19)31-18-4-5-24(29)28-16-14-21(15-17-28)26-25(30)20-8-10-22(11-9-20)27(2)3/h6-13,21H,4-5,14-18H2,1-3H3,(H,26,30). The number of likely N-dealkylation sites (tertiary alicyclic amines) is 1. The lowest BCUT2D eigenvalue weighted by Gasteiger charge is -2.32. The van der Waals surface area contributed by atoms with E-state index < -0.39 is 0 Å². The fourth-order valence-electron chi connectivity index (χ4n) is 3.66. The number of rotatable bonds is 8. The number of nitrogens with one attached hydrogen (secondary N) is 1. The molecule has 6 nitrogen and oxygen atoms in total. The number of nitrogens with zero attached hydrogens (tertiary/aromatic N) is 2. The number of hydrogen-bond acceptors (Lipinski definition) is 4. The van der Waals surface area contributed by atoms with Gasteiger partial charge in [-0.15, -0.1) is 0 Å². The predicted molar refractivity (Wildman–Crippen MR) is 124 cm³/mol. The monoisotopic (exact) mass is 423 g/mol. The molecule has 1 N–H and O–H groups in total. The first-order valence-electron chi connectivity index (χ1n) is 11.0. The Bertz CT molecular complexity index is 855. The Labute approximate surface area is 185 Å². The summed E-state index contributed by atoms with van der Waals surface area (Å²) in [7, 11) is 3.95. The van der Waals surface area contributed by atoms with Gasteiger partial charge in [0, 0.05) is 50.9 Å². The fraction of sp³-hybridized carbons (Fsp3) is 0.440. The molecule has 0 radical (unpaired) electrons. The highest BCUT2D eigenvalue weighted by molar-refractivity contribution is 5.94. The second-order valence-corrected chi connectivity index (χ2v) is 8.33. The third-order valence-corrected chi connectivity index (χ3v) is 5.65. The Hall–Kier alpha value is -3.02. The molecule has 0 bridgehead atoms. The number of carbonyl (C=O) groups excluding carboxylic acids is 2. The summed E-state index contributed by atoms with van der Waals surface area (Å²) in [6.45, 7) is 3.94. The Morgan fingerprint density at radius 2 is 1.68 bits per heavy atom. The van der Waals surface area contributed by atoms with Crippen LogP contribution in [0.2, 0.25) is 0 Å². The summed E-state index contributed by atoms with van der Waals surface area (Å²) in [5, 5.41) is 3.11. The predicted octanol–water partition coefficient (Wildman–Crippen LogP) is 3.64. The Morgan fingerprint density at radius 1 is 1.03 bits per heavy atom. The van der Waals surface area contributed by atoms with Gasteiger partial charge in [-0.2, -0.15) is 0 Å². The van der Waals surface area contributed by atoms with Crippen LogP contribution < -0.4 is 15.0 Å². The third-order valence-electron chi connectivity index (χ3n) is 5.65. The van der Waals surface area contributed by atoms with E-state index in [1.54, 1.807) is 0 Å². The zero-order valence-electron chi connectivity index (χ0n) is 18.8. The normalized spacial score (nSPS) is 14.2. The second kappa shape index (κ2) is 10.8. The molecule has 1 saturated heterocycles. The van der Waals surface area contributed by atoms with Gasteiger partial charge in [0.2, 0.25) is 5.91 Å². The molecular formula is C25H33N3O3. The molecule has 1 aliphatic rings. The molecule has 0 aromatic heterocycles. The van der Waals surface area contributed by atoms with Gasteiger partial charge in [-0.05, 0) is 62.6 Å². The minimum Gasteiger partial charge on any atom is -0.494 e. The molecule has 1 heterocycles. The van der Waals surface area contributed by atoms with Gasteiger partial charge in [0.25, 0.3) is 5.91 Å². The summed E-state index contributed by atoms with van der Waals surface area (Å²) in [6.07, 6.45) is 2.76. The lowest BCUT2D eigenvalue weighted by atomic mass is 10.0. The lowest BCUT2D eigenvalue weighted by Crippen LogP contribution is -2.46. The van der Waals surface area contributed by atoms with Gasteiger partial charge in [-0.25, -0.2) is 0 Å². The van der Waals surface area contributed by atoms with Gasteiger partial charge < -0.3 is 19.9 Å². The average Bonchev–Trinajstić information content (AvgIpc) is 2.78. The van der Waals surface area contributed by atoms with Gasteiger partial charge in [-0.3, -0.25) is 9.59 Å². The molecule has 0 aliphatic carbocycles. The number of amides is 2. The first-order valence-corrected chi connectivity index (χ1v) is 11.0. The van der Waals surface area contributed by atoms with Crippen molar-refractivity contribution in [3.05, 3.63) is 59.7 Å². The molecule has 2 aromatic rings. The van der Waals surface area contributed by atoms with Crippen LogP contribution in [0.4, 0.5) is 5.69 Å². The zero-order chi connectivity index (χ0) is 22.2. The minimum atomic E-state index is -0.0525. The van der Waals surface area contributed by atoms with Crippen molar-refractivity contribution in [1.29, 1.82) is 0 Å². The Balaban J connectivity index is 1.35. The summed E-state index contributed by atoms with van der Waals surface area (Å²) >= 11 is 0. The van der Waals surface area contributed by atoms with Crippen molar-refractivity contribution < 1.29 is 14.3 Å². The van der Waals surface area contributed by atoms with Crippen molar-refractivity contribution >= 4 is 17.5 Å². The minimum absolute atomic E-state index is 0.0525. The van der Waals surface area contributed by atoms with Crippen molar-refractivity contribution in [2.24, 2.45) is 0 Å². The molecule has 2 amide bonds. The van der Waals surface area contributed by atoms with Crippen LogP contribution in [0.3, 0.4) is 0 Å². The highest BCUT2D eigenvalue weighted by Crippen LogP contribution is 2.16. The maximum atomic E-state index is 12.5. The summed E-state index contributed by atoms with van der Waals surface area (Å²) in [4.78, 5) is 28.9. The van der Waals surface area contributed by atoms with E-state index in [1.165, 1.54) is 5.56 Å². The number of carbonyl (C=O) groups is 2. The summed E-state index contributed by atoms with van der Waals surface area (Å²) in [6, 6.07) is 15.6. The van der Waals surface area contributed by atoms with Crippen molar-refractivity contribution in [2.75, 3.05) is 38.7 Å². The van der Waals surface area contributed by atoms with Gasteiger partial charge >= 0.3 is 0 Å². The van der Waals surface area contributed by atoms with Gasteiger partial charge in [0.15, 0.2) is 0 Å². The summed E-state index contributed by atoms with van der Waals surface area (Å²) in [5.41, 5.74) is 2.93. The summed E-state index contributed by atoms with van der Waals surface area (Å²) < 4.78 is 5.70. The number of aryl methyl sites for hydroxylation is 1. The van der Waals surface area contributed by atoms with Crippen LogP contribution in [0, 0.1) is 6.92 Å². The molecule has 0 spiro atoms. The van der Waals surface area contributed by atoms with E-state index in [-0.39, 0.29) is 17.9 Å². The molecule has 2 aromatic carbocycles. The molecule has 6 heteroatoms. The van der Waals surface area contributed by atoms with Crippen LogP contribution in [0.25, 0.3) is 0 Å². The quantitative estimate of drug-likeness (QED) is 0.659. The maximum Gasteiger partial charge on any atom is 0.251 e. The van der Waals surface area contributed by atoms with E-state index in [4.69, 9.17) is 4.74 Å². The molecule has 0 atom stereocenters. The number of benzene rings is 2. The second-order valence-electron chi connectivity index (χ2n) is 8.33. The van der Waals surface area contributed by atoms with Crippen molar-refractivity contribution in [2.45, 2.75) is 38.6 Å². The number of piperidine rings is 1. The van der Waals surface area contributed by atoms with Crippen LogP contribution >= 0.6 is 0 Å². The van der Waals surface area contributed by atoms with Gasteiger partial charge in [0.05, 0.1) is 6.61 Å². The molecule has 0 unspecified atom stereocenters. The fourth-order valence-corrected chi connectivity index (χ4v) is 3.66. The SMILES string of the molecule is Cc1ccc(OCCCC(=O)N2CCC(NC(=O)c3ccc(N(C)C)cc3)CC2)cc1. The van der Waals surface area contributed by atoms with Crippen LogP contribution in [0.5, 0.6) is 5.75 Å². The van der Waals surface area contributed by atoms with Crippen LogP contribution in [-0.2, 0) is 4.79 Å². The number of hydrogen-bond donors (Lipinski definition) is 1. The van der Waals surface area contributed by atoms with Gasteiger partial charge in [0.1, 0.15) is 5.75 Å². The summed E-state index contributed by atoms with van der Waals surface area (Å²) in [5.74, 6) is 0.950. The number of ether oxygens (including phenoxy) is 1. The van der Waals surface area contributed by atoms with Crippen LogP contribution in [0.1, 0.15) is 41.6 Å². The van der Waals surface area contributed by atoms with Crippen molar-refractivity contribution in [1.82, 2.24) is 10.2 Å². The molecule has 1 aliphatic heterocycles. The number of anilines is 1. The van der Waals surface area contributed by atoms with E-state index in [0.717, 1.165) is 24.3 Å². The molecule has 1 fully saturated rings. The largest absolute Gasteiger partial charge is 0.494 e.